The van der Waals surface area contributed by atoms with E-state index in [-0.39, 0.29) is 17.7 Å². The Bertz CT molecular complexity index is 322. The van der Waals surface area contributed by atoms with Crippen molar-refractivity contribution < 1.29 is 9.90 Å². The topological polar surface area (TPSA) is 75.3 Å². The minimum atomic E-state index is -0.0568. The Kier molecular flexibility index (Phi) is 4.12. The normalized spacial score (nSPS) is 12.1. The minimum absolute atomic E-state index is 0.00499. The molecule has 1 amide bonds. The van der Waals surface area contributed by atoms with Gasteiger partial charge in [0, 0.05) is 12.6 Å². The highest BCUT2D eigenvalue weighted by atomic mass is 16.3. The first kappa shape index (κ1) is 11.5. The van der Waals surface area contributed by atoms with Crippen molar-refractivity contribution >= 4 is 5.91 Å². The Morgan fingerprint density at radius 3 is 2.60 bits per heavy atom. The van der Waals surface area contributed by atoms with Crippen molar-refractivity contribution in [2.24, 2.45) is 5.73 Å². The van der Waals surface area contributed by atoms with Crippen LogP contribution in [0.15, 0.2) is 24.3 Å². The molecule has 0 fully saturated rings. The summed E-state index contributed by atoms with van der Waals surface area (Å²) in [7, 11) is 0. The van der Waals surface area contributed by atoms with E-state index in [2.05, 4.69) is 5.32 Å². The van der Waals surface area contributed by atoms with Gasteiger partial charge in [-0.3, -0.25) is 4.79 Å². The third-order valence-corrected chi connectivity index (χ3v) is 2.06. The van der Waals surface area contributed by atoms with Crippen LogP contribution >= 0.6 is 0 Å². The number of hydrogen-bond acceptors (Lipinski definition) is 3. The summed E-state index contributed by atoms with van der Waals surface area (Å²) in [6, 6.07) is 6.57. The van der Waals surface area contributed by atoms with Crippen molar-refractivity contribution in [1.29, 1.82) is 0 Å². The van der Waals surface area contributed by atoms with Crippen LogP contribution in [0.4, 0.5) is 0 Å². The van der Waals surface area contributed by atoms with Crippen molar-refractivity contribution in [3.8, 4) is 5.75 Å². The van der Waals surface area contributed by atoms with Crippen LogP contribution in [0.3, 0.4) is 0 Å². The molecule has 0 aliphatic carbocycles. The summed E-state index contributed by atoms with van der Waals surface area (Å²) in [6.45, 7) is 2.29. The van der Waals surface area contributed by atoms with Gasteiger partial charge in [-0.25, -0.2) is 0 Å². The number of rotatable bonds is 4. The number of benzene rings is 1. The maximum Gasteiger partial charge on any atom is 0.224 e. The summed E-state index contributed by atoms with van der Waals surface area (Å²) >= 11 is 0. The predicted molar refractivity (Wildman–Crippen MR) is 58.5 cm³/mol. The molecule has 1 atom stereocenters. The summed E-state index contributed by atoms with van der Waals surface area (Å²) in [5.74, 6) is 0.146. The third kappa shape index (κ3) is 3.99. The van der Waals surface area contributed by atoms with Gasteiger partial charge in [-0.2, -0.15) is 0 Å². The summed E-state index contributed by atoms with van der Waals surface area (Å²) in [5.41, 5.74) is 6.26. The molecule has 4 nitrogen and oxygen atoms in total. The van der Waals surface area contributed by atoms with Gasteiger partial charge in [0.1, 0.15) is 5.75 Å². The van der Waals surface area contributed by atoms with Crippen LogP contribution in [-0.2, 0) is 11.2 Å². The van der Waals surface area contributed by atoms with Crippen molar-refractivity contribution in [2.45, 2.75) is 19.4 Å². The van der Waals surface area contributed by atoms with E-state index >= 15 is 0 Å². The van der Waals surface area contributed by atoms with Gasteiger partial charge >= 0.3 is 0 Å². The Balaban J connectivity index is 2.48. The summed E-state index contributed by atoms with van der Waals surface area (Å²) < 4.78 is 0. The summed E-state index contributed by atoms with van der Waals surface area (Å²) in [6.07, 6.45) is 0.310. The lowest BCUT2D eigenvalue weighted by Gasteiger charge is -2.10. The van der Waals surface area contributed by atoms with Crippen LogP contribution < -0.4 is 11.1 Å². The van der Waals surface area contributed by atoms with Crippen molar-refractivity contribution in [2.75, 3.05) is 6.54 Å². The number of nitrogens with one attached hydrogen (secondary N) is 1. The van der Waals surface area contributed by atoms with E-state index in [1.165, 1.54) is 0 Å². The summed E-state index contributed by atoms with van der Waals surface area (Å²) in [5, 5.41) is 11.8. The van der Waals surface area contributed by atoms with Crippen molar-refractivity contribution in [1.82, 2.24) is 5.32 Å². The zero-order valence-corrected chi connectivity index (χ0v) is 8.73. The molecule has 1 aromatic carbocycles. The van der Waals surface area contributed by atoms with Gasteiger partial charge < -0.3 is 16.2 Å². The molecule has 0 saturated heterocycles. The molecular formula is C11H16N2O2. The number of carbonyl (C=O) groups is 1. The number of aromatic hydroxyl groups is 1. The monoisotopic (exact) mass is 208 g/mol. The second-order valence-corrected chi connectivity index (χ2v) is 3.55. The van der Waals surface area contributed by atoms with Gasteiger partial charge in [-0.15, -0.1) is 0 Å². The lowest BCUT2D eigenvalue weighted by Crippen LogP contribution is -2.38. The molecule has 0 saturated carbocycles. The third-order valence-electron chi connectivity index (χ3n) is 2.06. The standard InChI is InChI=1S/C11H16N2O2/c1-8(7-12)13-11(15)6-9-2-4-10(14)5-3-9/h2-5,8,14H,6-7,12H2,1H3,(H,13,15)/t8-/m1/s1. The molecule has 0 aliphatic rings. The highest BCUT2D eigenvalue weighted by molar-refractivity contribution is 5.78. The van der Waals surface area contributed by atoms with E-state index in [9.17, 15) is 4.79 Å². The van der Waals surface area contributed by atoms with Gasteiger partial charge in [0.25, 0.3) is 0 Å². The molecule has 82 valence electrons. The Labute approximate surface area is 89.1 Å². The molecule has 0 unspecified atom stereocenters. The van der Waals surface area contributed by atoms with Crippen molar-refractivity contribution in [3.63, 3.8) is 0 Å². The van der Waals surface area contributed by atoms with E-state index in [1.54, 1.807) is 24.3 Å². The second kappa shape index (κ2) is 5.36. The number of phenols is 1. The smallest absolute Gasteiger partial charge is 0.224 e. The lowest BCUT2D eigenvalue weighted by molar-refractivity contribution is -0.120. The fourth-order valence-corrected chi connectivity index (χ4v) is 1.18. The fourth-order valence-electron chi connectivity index (χ4n) is 1.18. The molecule has 0 heterocycles. The number of phenolic OH excluding ortho intramolecular Hbond substituents is 1. The van der Waals surface area contributed by atoms with Crippen LogP contribution in [-0.4, -0.2) is 23.6 Å². The quantitative estimate of drug-likeness (QED) is 0.670. The predicted octanol–water partition coefficient (Wildman–Crippen LogP) is 0.398. The Hall–Kier alpha value is -1.55. The maximum atomic E-state index is 11.4. The van der Waals surface area contributed by atoms with Crippen LogP contribution in [0.5, 0.6) is 5.75 Å². The minimum Gasteiger partial charge on any atom is -0.508 e. The van der Waals surface area contributed by atoms with Gasteiger partial charge in [0.05, 0.1) is 6.42 Å². The SMILES string of the molecule is C[C@H](CN)NC(=O)Cc1ccc(O)cc1. The molecule has 0 aliphatic heterocycles. The van der Waals surface area contributed by atoms with Gasteiger partial charge in [0.2, 0.25) is 5.91 Å². The van der Waals surface area contributed by atoms with Crippen LogP contribution in [0.25, 0.3) is 0 Å². The molecule has 1 rings (SSSR count). The van der Waals surface area contributed by atoms with Gasteiger partial charge in [-0.1, -0.05) is 12.1 Å². The first-order valence-corrected chi connectivity index (χ1v) is 4.89. The van der Waals surface area contributed by atoms with E-state index in [0.717, 1.165) is 5.56 Å². The van der Waals surface area contributed by atoms with Gasteiger partial charge in [-0.05, 0) is 24.6 Å². The van der Waals surface area contributed by atoms with E-state index < -0.39 is 0 Å². The van der Waals surface area contributed by atoms with Crippen LogP contribution in [0, 0.1) is 0 Å². The average Bonchev–Trinajstić information content (AvgIpc) is 2.21. The molecule has 4 N–H and O–H groups in total. The first-order valence-electron chi connectivity index (χ1n) is 4.89. The molecule has 0 spiro atoms. The Morgan fingerprint density at radius 1 is 1.47 bits per heavy atom. The lowest BCUT2D eigenvalue weighted by atomic mass is 10.1. The number of nitrogens with two attached hydrogens (primary N) is 1. The first-order chi connectivity index (χ1) is 7.11. The number of carbonyl (C=O) groups excluding carboxylic acids is 1. The highest BCUT2D eigenvalue weighted by Crippen LogP contribution is 2.09. The molecule has 15 heavy (non-hydrogen) atoms. The maximum absolute atomic E-state index is 11.4. The van der Waals surface area contributed by atoms with Gasteiger partial charge in [0.15, 0.2) is 0 Å². The molecule has 0 aromatic heterocycles. The Morgan fingerprint density at radius 2 is 2.07 bits per heavy atom. The average molecular weight is 208 g/mol. The van der Waals surface area contributed by atoms with E-state index in [4.69, 9.17) is 10.8 Å². The van der Waals surface area contributed by atoms with E-state index in [1.807, 2.05) is 6.92 Å². The fraction of sp³-hybridized carbons (Fsp3) is 0.364. The largest absolute Gasteiger partial charge is 0.508 e. The molecular weight excluding hydrogens is 192 g/mol. The van der Waals surface area contributed by atoms with Crippen molar-refractivity contribution in [3.05, 3.63) is 29.8 Å². The molecule has 0 bridgehead atoms. The zero-order chi connectivity index (χ0) is 11.3. The molecule has 4 heteroatoms. The second-order valence-electron chi connectivity index (χ2n) is 3.55. The number of amides is 1. The molecule has 1 aromatic rings. The highest BCUT2D eigenvalue weighted by Gasteiger charge is 2.06. The molecule has 0 radical (unpaired) electrons. The van der Waals surface area contributed by atoms with Crippen LogP contribution in [0.1, 0.15) is 12.5 Å². The summed E-state index contributed by atoms with van der Waals surface area (Å²) in [4.78, 5) is 11.4. The van der Waals surface area contributed by atoms with Crippen LogP contribution in [0.2, 0.25) is 0 Å². The van der Waals surface area contributed by atoms with E-state index in [0.29, 0.717) is 13.0 Å². The number of hydrogen-bond donors (Lipinski definition) is 3. The zero-order valence-electron chi connectivity index (χ0n) is 8.73.